The molecule has 112 valence electrons. The SMILES string of the molecule is CCc1ccc(CC)c(C(NC)c2c(Cl)cccc2Cl)c1. The van der Waals surface area contributed by atoms with E-state index in [0.717, 1.165) is 18.4 Å². The lowest BCUT2D eigenvalue weighted by molar-refractivity contribution is 0.683. The first-order valence-electron chi connectivity index (χ1n) is 7.35. The van der Waals surface area contributed by atoms with Crippen LogP contribution in [0.1, 0.15) is 42.1 Å². The van der Waals surface area contributed by atoms with Crippen LogP contribution in [0.5, 0.6) is 0 Å². The number of hydrogen-bond acceptors (Lipinski definition) is 1. The highest BCUT2D eigenvalue weighted by molar-refractivity contribution is 6.36. The molecule has 0 aliphatic rings. The zero-order valence-corrected chi connectivity index (χ0v) is 14.2. The summed E-state index contributed by atoms with van der Waals surface area (Å²) in [6, 6.07) is 12.3. The van der Waals surface area contributed by atoms with Gasteiger partial charge in [-0.15, -0.1) is 0 Å². The smallest absolute Gasteiger partial charge is 0.0606 e. The quantitative estimate of drug-likeness (QED) is 0.774. The van der Waals surface area contributed by atoms with Gasteiger partial charge in [0.05, 0.1) is 6.04 Å². The van der Waals surface area contributed by atoms with Gasteiger partial charge < -0.3 is 5.32 Å². The van der Waals surface area contributed by atoms with Crippen LogP contribution in [0, 0.1) is 0 Å². The van der Waals surface area contributed by atoms with Crippen molar-refractivity contribution in [3.8, 4) is 0 Å². The summed E-state index contributed by atoms with van der Waals surface area (Å²) in [5.74, 6) is 0. The number of hydrogen-bond donors (Lipinski definition) is 1. The molecule has 0 aliphatic heterocycles. The van der Waals surface area contributed by atoms with Crippen LogP contribution < -0.4 is 5.32 Å². The molecule has 2 rings (SSSR count). The molecule has 21 heavy (non-hydrogen) atoms. The van der Waals surface area contributed by atoms with Gasteiger partial charge in [0.2, 0.25) is 0 Å². The van der Waals surface area contributed by atoms with Crippen molar-refractivity contribution in [2.45, 2.75) is 32.7 Å². The minimum absolute atomic E-state index is 0.00708. The number of nitrogens with one attached hydrogen (secondary N) is 1. The molecule has 2 aromatic carbocycles. The predicted octanol–water partition coefficient (Wildman–Crippen LogP) is 5.43. The van der Waals surface area contributed by atoms with Crippen molar-refractivity contribution in [2.75, 3.05) is 7.05 Å². The second kappa shape index (κ2) is 7.31. The second-order valence-corrected chi connectivity index (χ2v) is 5.91. The molecule has 2 aromatic rings. The van der Waals surface area contributed by atoms with E-state index < -0.39 is 0 Å². The molecule has 0 amide bonds. The Morgan fingerprint density at radius 2 is 1.67 bits per heavy atom. The van der Waals surface area contributed by atoms with Crippen LogP contribution in [0.2, 0.25) is 10.0 Å². The summed E-state index contributed by atoms with van der Waals surface area (Å²) in [5.41, 5.74) is 4.86. The van der Waals surface area contributed by atoms with Gasteiger partial charge in [0.1, 0.15) is 0 Å². The van der Waals surface area contributed by atoms with Crippen molar-refractivity contribution >= 4 is 23.2 Å². The summed E-state index contributed by atoms with van der Waals surface area (Å²) in [5, 5.41) is 4.77. The number of aryl methyl sites for hydroxylation is 2. The standard InChI is InChI=1S/C18H21Cl2N/c1-4-12-9-10-13(5-2)14(11-12)18(21-3)17-15(19)7-6-8-16(17)20/h6-11,18,21H,4-5H2,1-3H3. The molecule has 1 N–H and O–H groups in total. The Bertz CT molecular complexity index is 602. The summed E-state index contributed by atoms with van der Waals surface area (Å²) in [6.45, 7) is 4.34. The molecule has 0 radical (unpaired) electrons. The first-order valence-corrected chi connectivity index (χ1v) is 8.10. The normalized spacial score (nSPS) is 12.4. The molecule has 0 saturated carbocycles. The van der Waals surface area contributed by atoms with Gasteiger partial charge in [-0.05, 0) is 48.7 Å². The van der Waals surface area contributed by atoms with E-state index in [1.54, 1.807) is 0 Å². The van der Waals surface area contributed by atoms with Gasteiger partial charge >= 0.3 is 0 Å². The van der Waals surface area contributed by atoms with E-state index in [4.69, 9.17) is 23.2 Å². The van der Waals surface area contributed by atoms with E-state index in [-0.39, 0.29) is 6.04 Å². The minimum Gasteiger partial charge on any atom is -0.309 e. The van der Waals surface area contributed by atoms with Crippen LogP contribution in [0.3, 0.4) is 0 Å². The van der Waals surface area contributed by atoms with Crippen molar-refractivity contribution in [1.29, 1.82) is 0 Å². The highest BCUT2D eigenvalue weighted by atomic mass is 35.5. The van der Waals surface area contributed by atoms with E-state index in [0.29, 0.717) is 10.0 Å². The maximum absolute atomic E-state index is 6.40. The Morgan fingerprint density at radius 1 is 1.00 bits per heavy atom. The lowest BCUT2D eigenvalue weighted by Gasteiger charge is -2.23. The van der Waals surface area contributed by atoms with Crippen molar-refractivity contribution < 1.29 is 0 Å². The molecule has 0 saturated heterocycles. The lowest BCUT2D eigenvalue weighted by Crippen LogP contribution is -2.20. The zero-order chi connectivity index (χ0) is 15.4. The highest BCUT2D eigenvalue weighted by Crippen LogP contribution is 2.35. The van der Waals surface area contributed by atoms with Crippen LogP contribution in [-0.2, 0) is 12.8 Å². The molecular formula is C18H21Cl2N. The second-order valence-electron chi connectivity index (χ2n) is 5.10. The molecule has 1 atom stereocenters. The van der Waals surface area contributed by atoms with Crippen LogP contribution >= 0.6 is 23.2 Å². The average molecular weight is 322 g/mol. The Balaban J connectivity index is 2.61. The van der Waals surface area contributed by atoms with Crippen molar-refractivity contribution in [2.24, 2.45) is 0 Å². The van der Waals surface area contributed by atoms with Gasteiger partial charge in [-0.3, -0.25) is 0 Å². The molecular weight excluding hydrogens is 301 g/mol. The number of rotatable bonds is 5. The molecule has 0 aliphatic carbocycles. The molecule has 0 heterocycles. The third kappa shape index (κ3) is 3.42. The lowest BCUT2D eigenvalue weighted by atomic mass is 9.91. The molecule has 3 heteroatoms. The maximum Gasteiger partial charge on any atom is 0.0606 e. The van der Waals surface area contributed by atoms with Crippen molar-refractivity contribution in [3.63, 3.8) is 0 Å². The van der Waals surface area contributed by atoms with E-state index in [1.807, 2.05) is 25.2 Å². The Hall–Kier alpha value is -1.02. The predicted molar refractivity (Wildman–Crippen MR) is 92.6 cm³/mol. The van der Waals surface area contributed by atoms with E-state index in [9.17, 15) is 0 Å². The van der Waals surface area contributed by atoms with E-state index in [1.165, 1.54) is 16.7 Å². The van der Waals surface area contributed by atoms with Gasteiger partial charge in [-0.25, -0.2) is 0 Å². The Morgan fingerprint density at radius 3 is 2.19 bits per heavy atom. The van der Waals surface area contributed by atoms with Gasteiger partial charge in [0.15, 0.2) is 0 Å². The first kappa shape index (κ1) is 16.4. The fourth-order valence-electron chi connectivity index (χ4n) is 2.70. The molecule has 0 bridgehead atoms. The summed E-state index contributed by atoms with van der Waals surface area (Å²) < 4.78 is 0. The third-order valence-corrected chi connectivity index (χ3v) is 4.55. The van der Waals surface area contributed by atoms with Crippen LogP contribution in [0.4, 0.5) is 0 Å². The topological polar surface area (TPSA) is 12.0 Å². The molecule has 0 aromatic heterocycles. The van der Waals surface area contributed by atoms with Crippen molar-refractivity contribution in [3.05, 3.63) is 68.7 Å². The van der Waals surface area contributed by atoms with Crippen molar-refractivity contribution in [1.82, 2.24) is 5.32 Å². The highest BCUT2D eigenvalue weighted by Gasteiger charge is 2.20. The molecule has 0 fully saturated rings. The summed E-state index contributed by atoms with van der Waals surface area (Å²) >= 11 is 12.8. The molecule has 1 unspecified atom stereocenters. The Kier molecular flexibility index (Phi) is 5.69. The van der Waals surface area contributed by atoms with Crippen LogP contribution in [-0.4, -0.2) is 7.05 Å². The maximum atomic E-state index is 6.40. The summed E-state index contributed by atoms with van der Waals surface area (Å²) in [4.78, 5) is 0. The van der Waals surface area contributed by atoms with Gasteiger partial charge in [0.25, 0.3) is 0 Å². The van der Waals surface area contributed by atoms with E-state index >= 15 is 0 Å². The van der Waals surface area contributed by atoms with Crippen LogP contribution in [0.15, 0.2) is 36.4 Å². The fourth-order valence-corrected chi connectivity index (χ4v) is 3.31. The van der Waals surface area contributed by atoms with E-state index in [2.05, 4.69) is 37.4 Å². The fraction of sp³-hybridized carbons (Fsp3) is 0.333. The third-order valence-electron chi connectivity index (χ3n) is 3.89. The zero-order valence-electron chi connectivity index (χ0n) is 12.7. The first-order chi connectivity index (χ1) is 10.1. The Labute approximate surface area is 137 Å². The number of halogens is 2. The van der Waals surface area contributed by atoms with Gasteiger partial charge in [-0.2, -0.15) is 0 Å². The largest absolute Gasteiger partial charge is 0.309 e. The summed E-state index contributed by atoms with van der Waals surface area (Å²) in [6.07, 6.45) is 2.00. The van der Waals surface area contributed by atoms with Crippen LogP contribution in [0.25, 0.3) is 0 Å². The average Bonchev–Trinajstić information content (AvgIpc) is 2.50. The van der Waals surface area contributed by atoms with Gasteiger partial charge in [0, 0.05) is 15.6 Å². The monoisotopic (exact) mass is 321 g/mol. The number of benzene rings is 2. The van der Waals surface area contributed by atoms with Gasteiger partial charge in [-0.1, -0.05) is 61.3 Å². The minimum atomic E-state index is 0.00708. The molecule has 0 spiro atoms. The molecule has 1 nitrogen and oxygen atoms in total. The summed E-state index contributed by atoms with van der Waals surface area (Å²) in [7, 11) is 1.95.